The van der Waals surface area contributed by atoms with Crippen LogP contribution in [0.4, 0.5) is 0 Å². The van der Waals surface area contributed by atoms with Crippen LogP contribution in [0.15, 0.2) is 30.3 Å². The molecule has 2 aliphatic rings. The van der Waals surface area contributed by atoms with Crippen LogP contribution in [0.5, 0.6) is 0 Å². The van der Waals surface area contributed by atoms with Crippen molar-refractivity contribution in [3.05, 3.63) is 35.9 Å². The molecule has 2 fully saturated rings. The molecule has 108 valence electrons. The Morgan fingerprint density at radius 1 is 1.25 bits per heavy atom. The van der Waals surface area contributed by atoms with Crippen LogP contribution >= 0.6 is 0 Å². The Balaban J connectivity index is 1.52. The molecule has 0 radical (unpaired) electrons. The van der Waals surface area contributed by atoms with Crippen molar-refractivity contribution in [2.24, 2.45) is 17.8 Å². The maximum atomic E-state index is 11.4. The van der Waals surface area contributed by atoms with E-state index in [9.17, 15) is 9.90 Å². The van der Waals surface area contributed by atoms with Gasteiger partial charge in [0.15, 0.2) is 0 Å². The lowest BCUT2D eigenvalue weighted by Crippen LogP contribution is -2.32. The van der Waals surface area contributed by atoms with Gasteiger partial charge in [0.2, 0.25) is 0 Å². The molecule has 0 aliphatic heterocycles. The van der Waals surface area contributed by atoms with Gasteiger partial charge in [0.25, 0.3) is 0 Å². The smallest absolute Gasteiger partial charge is 0.312 e. The number of hydrogen-bond donors (Lipinski definition) is 2. The summed E-state index contributed by atoms with van der Waals surface area (Å²) < 4.78 is 0. The molecule has 0 spiro atoms. The van der Waals surface area contributed by atoms with E-state index in [0.717, 1.165) is 29.9 Å². The van der Waals surface area contributed by atoms with Gasteiger partial charge >= 0.3 is 5.97 Å². The van der Waals surface area contributed by atoms with E-state index in [1.807, 2.05) is 30.3 Å². The minimum atomic E-state index is -0.739. The van der Waals surface area contributed by atoms with E-state index in [0.29, 0.717) is 6.54 Å². The highest BCUT2D eigenvalue weighted by Gasteiger charge is 2.39. The standard InChI is InChI=1S/C17H23NO2/c19-17(20)16(13-4-2-1-3-5-13)11-18-10-15-9-12-6-7-14(15)8-12/h1-5,12,14-16,18H,6-11H2,(H,19,20). The van der Waals surface area contributed by atoms with Crippen molar-refractivity contribution in [3.63, 3.8) is 0 Å². The van der Waals surface area contributed by atoms with Crippen molar-refractivity contribution in [3.8, 4) is 0 Å². The quantitative estimate of drug-likeness (QED) is 0.838. The molecule has 2 bridgehead atoms. The fourth-order valence-corrected chi connectivity index (χ4v) is 4.07. The zero-order valence-electron chi connectivity index (χ0n) is 11.8. The van der Waals surface area contributed by atoms with Crippen molar-refractivity contribution in [1.82, 2.24) is 5.32 Å². The van der Waals surface area contributed by atoms with Gasteiger partial charge in [-0.3, -0.25) is 4.79 Å². The molecule has 1 aromatic carbocycles. The second-order valence-corrected chi connectivity index (χ2v) is 6.39. The van der Waals surface area contributed by atoms with Gasteiger partial charge in [-0.25, -0.2) is 0 Å². The highest BCUT2D eigenvalue weighted by Crippen LogP contribution is 2.47. The molecule has 2 N–H and O–H groups in total. The summed E-state index contributed by atoms with van der Waals surface area (Å²) in [6, 6.07) is 9.53. The molecule has 2 saturated carbocycles. The van der Waals surface area contributed by atoms with Crippen LogP contribution in [0.1, 0.15) is 37.2 Å². The van der Waals surface area contributed by atoms with E-state index in [1.54, 1.807) is 0 Å². The van der Waals surface area contributed by atoms with E-state index >= 15 is 0 Å². The third kappa shape index (κ3) is 2.88. The number of carboxylic acid groups (broad SMARTS) is 1. The van der Waals surface area contributed by atoms with Crippen LogP contribution in [0, 0.1) is 17.8 Å². The van der Waals surface area contributed by atoms with Crippen LogP contribution in [0.2, 0.25) is 0 Å². The Hall–Kier alpha value is -1.35. The van der Waals surface area contributed by atoms with Gasteiger partial charge in [0, 0.05) is 6.54 Å². The van der Waals surface area contributed by atoms with Gasteiger partial charge in [-0.2, -0.15) is 0 Å². The van der Waals surface area contributed by atoms with Crippen LogP contribution in [0.3, 0.4) is 0 Å². The fraction of sp³-hybridized carbons (Fsp3) is 0.588. The van der Waals surface area contributed by atoms with Crippen LogP contribution in [-0.4, -0.2) is 24.2 Å². The molecule has 3 nitrogen and oxygen atoms in total. The molecular formula is C17H23NO2. The average Bonchev–Trinajstić information content (AvgIpc) is 3.06. The van der Waals surface area contributed by atoms with Gasteiger partial charge in [-0.05, 0) is 49.1 Å². The van der Waals surface area contributed by atoms with E-state index in [2.05, 4.69) is 5.32 Å². The van der Waals surface area contributed by atoms with Gasteiger partial charge in [0.1, 0.15) is 0 Å². The number of carbonyl (C=O) groups is 1. The summed E-state index contributed by atoms with van der Waals surface area (Å²) in [5, 5.41) is 12.8. The van der Waals surface area contributed by atoms with Crippen molar-refractivity contribution < 1.29 is 9.90 Å². The molecule has 2 aliphatic carbocycles. The first-order valence-electron chi connectivity index (χ1n) is 7.72. The molecule has 4 unspecified atom stereocenters. The van der Waals surface area contributed by atoms with E-state index in [4.69, 9.17) is 0 Å². The molecule has 0 aromatic heterocycles. The lowest BCUT2D eigenvalue weighted by molar-refractivity contribution is -0.138. The van der Waals surface area contributed by atoms with E-state index in [1.165, 1.54) is 25.7 Å². The van der Waals surface area contributed by atoms with Gasteiger partial charge in [0.05, 0.1) is 5.92 Å². The number of rotatable bonds is 6. The summed E-state index contributed by atoms with van der Waals surface area (Å²) in [6.07, 6.45) is 5.56. The van der Waals surface area contributed by atoms with Crippen molar-refractivity contribution in [1.29, 1.82) is 0 Å². The number of fused-ring (bicyclic) bond motifs is 2. The first kappa shape index (κ1) is 13.6. The van der Waals surface area contributed by atoms with E-state index in [-0.39, 0.29) is 0 Å². The Morgan fingerprint density at radius 2 is 2.05 bits per heavy atom. The Bertz CT molecular complexity index is 459. The largest absolute Gasteiger partial charge is 0.481 e. The first-order chi connectivity index (χ1) is 9.74. The summed E-state index contributed by atoms with van der Waals surface area (Å²) >= 11 is 0. The highest BCUT2D eigenvalue weighted by molar-refractivity contribution is 5.76. The Labute approximate surface area is 120 Å². The predicted octanol–water partition coefficient (Wildman–Crippen LogP) is 2.88. The number of nitrogens with one attached hydrogen (secondary N) is 1. The monoisotopic (exact) mass is 273 g/mol. The Kier molecular flexibility index (Phi) is 4.06. The first-order valence-corrected chi connectivity index (χ1v) is 7.72. The topological polar surface area (TPSA) is 49.3 Å². The predicted molar refractivity (Wildman–Crippen MR) is 78.6 cm³/mol. The number of benzene rings is 1. The molecule has 1 aromatic rings. The maximum absolute atomic E-state index is 11.4. The lowest BCUT2D eigenvalue weighted by Gasteiger charge is -2.23. The number of aliphatic carboxylic acids is 1. The zero-order valence-corrected chi connectivity index (χ0v) is 11.8. The molecule has 0 saturated heterocycles. The van der Waals surface area contributed by atoms with Crippen molar-refractivity contribution in [2.75, 3.05) is 13.1 Å². The second kappa shape index (κ2) is 5.96. The fourth-order valence-electron chi connectivity index (χ4n) is 4.07. The van der Waals surface area contributed by atoms with Gasteiger partial charge in [-0.1, -0.05) is 36.8 Å². The van der Waals surface area contributed by atoms with Crippen LogP contribution in [-0.2, 0) is 4.79 Å². The van der Waals surface area contributed by atoms with E-state index < -0.39 is 11.9 Å². The normalized spacial score (nSPS) is 29.5. The summed E-state index contributed by atoms with van der Waals surface area (Å²) in [5.41, 5.74) is 0.889. The summed E-state index contributed by atoms with van der Waals surface area (Å²) in [6.45, 7) is 1.52. The molecule has 3 heteroatoms. The molecule has 0 heterocycles. The van der Waals surface area contributed by atoms with Crippen molar-refractivity contribution >= 4 is 5.97 Å². The molecular weight excluding hydrogens is 250 g/mol. The van der Waals surface area contributed by atoms with Gasteiger partial charge < -0.3 is 10.4 Å². The molecule has 0 amide bonds. The summed E-state index contributed by atoms with van der Waals surface area (Å²) in [4.78, 5) is 11.4. The zero-order chi connectivity index (χ0) is 13.9. The third-order valence-corrected chi connectivity index (χ3v) is 5.14. The molecule has 3 rings (SSSR count). The second-order valence-electron chi connectivity index (χ2n) is 6.39. The molecule has 20 heavy (non-hydrogen) atoms. The number of hydrogen-bond acceptors (Lipinski definition) is 2. The van der Waals surface area contributed by atoms with Crippen LogP contribution < -0.4 is 5.32 Å². The summed E-state index contributed by atoms with van der Waals surface area (Å²) in [7, 11) is 0. The van der Waals surface area contributed by atoms with Crippen molar-refractivity contribution in [2.45, 2.75) is 31.6 Å². The SMILES string of the molecule is O=C(O)C(CNCC1CC2CCC1C2)c1ccccc1. The average molecular weight is 273 g/mol. The lowest BCUT2D eigenvalue weighted by atomic mass is 9.88. The maximum Gasteiger partial charge on any atom is 0.312 e. The van der Waals surface area contributed by atoms with Gasteiger partial charge in [-0.15, -0.1) is 0 Å². The third-order valence-electron chi connectivity index (χ3n) is 5.14. The minimum Gasteiger partial charge on any atom is -0.481 e. The Morgan fingerprint density at radius 3 is 2.65 bits per heavy atom. The summed E-state index contributed by atoms with van der Waals surface area (Å²) in [5.74, 6) is 1.45. The minimum absolute atomic E-state index is 0.435. The molecule has 4 atom stereocenters. The highest BCUT2D eigenvalue weighted by atomic mass is 16.4. The van der Waals surface area contributed by atoms with Crippen LogP contribution in [0.25, 0.3) is 0 Å². The number of carboxylic acids is 1.